The zero-order valence-corrected chi connectivity index (χ0v) is 13.8. The Morgan fingerprint density at radius 1 is 1.23 bits per heavy atom. The molecule has 1 N–H and O–H groups in total. The van der Waals surface area contributed by atoms with Crippen molar-refractivity contribution in [1.82, 2.24) is 15.5 Å². The summed E-state index contributed by atoms with van der Waals surface area (Å²) in [5.41, 5.74) is 0. The van der Waals surface area contributed by atoms with Gasteiger partial charge in [0.15, 0.2) is 11.6 Å². The van der Waals surface area contributed by atoms with Crippen LogP contribution in [0.4, 0.5) is 4.39 Å². The lowest BCUT2D eigenvalue weighted by molar-refractivity contribution is 0.0914. The lowest BCUT2D eigenvalue weighted by atomic mass is 10.3. The molecule has 0 atom stereocenters. The van der Waals surface area contributed by atoms with Gasteiger partial charge in [0.2, 0.25) is 5.89 Å². The van der Waals surface area contributed by atoms with Crippen molar-refractivity contribution in [1.29, 1.82) is 0 Å². The van der Waals surface area contributed by atoms with E-state index < -0.39 is 0 Å². The number of benzene rings is 1. The quantitative estimate of drug-likeness (QED) is 0.698. The molecule has 0 bridgehead atoms. The molecule has 0 spiro atoms. The SMILES string of the molecule is O=C(NCc1nc(C2CC2)no1)c1ccc(COc2ccc(F)cc2)o1. The van der Waals surface area contributed by atoms with E-state index >= 15 is 0 Å². The average Bonchev–Trinajstić information content (AvgIpc) is 3.20. The average molecular weight is 357 g/mol. The van der Waals surface area contributed by atoms with Gasteiger partial charge in [-0.25, -0.2) is 4.39 Å². The van der Waals surface area contributed by atoms with Crippen LogP contribution in [0, 0.1) is 5.82 Å². The van der Waals surface area contributed by atoms with E-state index in [1.165, 1.54) is 24.3 Å². The monoisotopic (exact) mass is 357 g/mol. The second kappa shape index (κ2) is 6.99. The van der Waals surface area contributed by atoms with Gasteiger partial charge in [-0.1, -0.05) is 5.16 Å². The molecular weight excluding hydrogens is 341 g/mol. The van der Waals surface area contributed by atoms with E-state index in [1.54, 1.807) is 12.1 Å². The van der Waals surface area contributed by atoms with Crippen LogP contribution in [0.1, 0.15) is 46.8 Å². The fourth-order valence-electron chi connectivity index (χ4n) is 2.35. The number of halogens is 1. The number of nitrogens with one attached hydrogen (secondary N) is 1. The third-order valence-corrected chi connectivity index (χ3v) is 3.91. The fraction of sp³-hybridized carbons (Fsp3) is 0.278. The van der Waals surface area contributed by atoms with Crippen LogP contribution >= 0.6 is 0 Å². The molecular formula is C18H16FN3O4. The predicted molar refractivity (Wildman–Crippen MR) is 86.9 cm³/mol. The van der Waals surface area contributed by atoms with E-state index in [4.69, 9.17) is 13.7 Å². The first-order valence-corrected chi connectivity index (χ1v) is 8.25. The maximum absolute atomic E-state index is 12.8. The van der Waals surface area contributed by atoms with Gasteiger partial charge in [0.1, 0.15) is 23.9 Å². The highest BCUT2D eigenvalue weighted by atomic mass is 19.1. The van der Waals surface area contributed by atoms with Crippen molar-refractivity contribution in [3.05, 3.63) is 65.5 Å². The van der Waals surface area contributed by atoms with Crippen LogP contribution in [0.15, 0.2) is 45.3 Å². The number of ether oxygens (including phenoxy) is 1. The standard InChI is InChI=1S/C18H16FN3O4/c19-12-3-5-13(6-4-12)24-10-14-7-8-15(25-14)18(23)20-9-16-21-17(22-26-16)11-1-2-11/h3-8,11H,1-2,9-10H2,(H,20,23). The van der Waals surface area contributed by atoms with Crippen molar-refractivity contribution in [3.63, 3.8) is 0 Å². The molecule has 1 aromatic carbocycles. The minimum absolute atomic E-state index is 0.132. The number of carbonyl (C=O) groups excluding carboxylic acids is 1. The first kappa shape index (κ1) is 16.3. The van der Waals surface area contributed by atoms with Crippen LogP contribution in [0.3, 0.4) is 0 Å². The molecule has 0 saturated heterocycles. The van der Waals surface area contributed by atoms with Crippen molar-refractivity contribution in [2.24, 2.45) is 0 Å². The van der Waals surface area contributed by atoms with Crippen molar-refractivity contribution in [2.45, 2.75) is 31.9 Å². The summed E-state index contributed by atoms with van der Waals surface area (Å²) in [5, 5.41) is 6.56. The number of rotatable bonds is 7. The van der Waals surface area contributed by atoms with Gasteiger partial charge in [-0.3, -0.25) is 4.79 Å². The molecule has 1 aliphatic carbocycles. The molecule has 2 heterocycles. The molecule has 2 aromatic heterocycles. The second-order valence-electron chi connectivity index (χ2n) is 6.01. The molecule has 8 heteroatoms. The normalized spacial score (nSPS) is 13.6. The van der Waals surface area contributed by atoms with Gasteiger partial charge in [0.25, 0.3) is 5.91 Å². The van der Waals surface area contributed by atoms with Crippen molar-refractivity contribution < 1.29 is 22.9 Å². The summed E-state index contributed by atoms with van der Waals surface area (Å²) in [6.45, 7) is 0.272. The smallest absolute Gasteiger partial charge is 0.287 e. The third-order valence-electron chi connectivity index (χ3n) is 3.91. The number of hydrogen-bond acceptors (Lipinski definition) is 6. The Morgan fingerprint density at radius 3 is 2.81 bits per heavy atom. The Balaban J connectivity index is 1.28. The van der Waals surface area contributed by atoms with Crippen LogP contribution in [-0.4, -0.2) is 16.0 Å². The molecule has 7 nitrogen and oxygen atoms in total. The number of amides is 1. The van der Waals surface area contributed by atoms with E-state index in [0.717, 1.165) is 12.8 Å². The van der Waals surface area contributed by atoms with E-state index in [-0.39, 0.29) is 30.6 Å². The molecule has 0 radical (unpaired) electrons. The number of furan rings is 1. The van der Waals surface area contributed by atoms with Gasteiger partial charge < -0.3 is 19.0 Å². The molecule has 0 unspecified atom stereocenters. The minimum Gasteiger partial charge on any atom is -0.486 e. The summed E-state index contributed by atoms with van der Waals surface area (Å²) in [6.07, 6.45) is 2.17. The van der Waals surface area contributed by atoms with Crippen LogP contribution in [0.5, 0.6) is 5.75 Å². The van der Waals surface area contributed by atoms with Crippen LogP contribution in [0.2, 0.25) is 0 Å². The Kier molecular flexibility index (Phi) is 4.39. The lowest BCUT2D eigenvalue weighted by Gasteiger charge is -2.03. The Bertz CT molecular complexity index is 899. The highest BCUT2D eigenvalue weighted by Crippen LogP contribution is 2.38. The van der Waals surface area contributed by atoms with Crippen molar-refractivity contribution >= 4 is 5.91 Å². The maximum Gasteiger partial charge on any atom is 0.287 e. The third kappa shape index (κ3) is 3.90. The summed E-state index contributed by atoms with van der Waals surface area (Å²) in [7, 11) is 0. The molecule has 1 aliphatic rings. The number of hydrogen-bond donors (Lipinski definition) is 1. The molecule has 4 rings (SSSR count). The number of nitrogens with zero attached hydrogens (tertiary/aromatic N) is 2. The van der Waals surface area contributed by atoms with Crippen LogP contribution in [0.25, 0.3) is 0 Å². The van der Waals surface area contributed by atoms with E-state index in [0.29, 0.717) is 29.1 Å². The molecule has 1 amide bonds. The van der Waals surface area contributed by atoms with Crippen molar-refractivity contribution in [2.75, 3.05) is 0 Å². The Morgan fingerprint density at radius 2 is 2.04 bits per heavy atom. The van der Waals surface area contributed by atoms with E-state index in [9.17, 15) is 9.18 Å². The first-order valence-electron chi connectivity index (χ1n) is 8.25. The molecule has 0 aliphatic heterocycles. The molecule has 1 saturated carbocycles. The lowest BCUT2D eigenvalue weighted by Crippen LogP contribution is -2.22. The number of aromatic nitrogens is 2. The van der Waals surface area contributed by atoms with Gasteiger partial charge in [-0.05, 0) is 49.2 Å². The van der Waals surface area contributed by atoms with Crippen LogP contribution in [-0.2, 0) is 13.2 Å². The van der Waals surface area contributed by atoms with Gasteiger partial charge in [-0.2, -0.15) is 4.98 Å². The molecule has 26 heavy (non-hydrogen) atoms. The van der Waals surface area contributed by atoms with Gasteiger partial charge >= 0.3 is 0 Å². The minimum atomic E-state index is -0.385. The highest BCUT2D eigenvalue weighted by Gasteiger charge is 2.28. The van der Waals surface area contributed by atoms with Crippen molar-refractivity contribution in [3.8, 4) is 5.75 Å². The summed E-state index contributed by atoms with van der Waals surface area (Å²) in [4.78, 5) is 16.4. The van der Waals surface area contributed by atoms with Gasteiger partial charge in [0, 0.05) is 5.92 Å². The second-order valence-corrected chi connectivity index (χ2v) is 6.01. The van der Waals surface area contributed by atoms with E-state index in [1.807, 2.05) is 0 Å². The van der Waals surface area contributed by atoms with Gasteiger partial charge in [-0.15, -0.1) is 0 Å². The van der Waals surface area contributed by atoms with Gasteiger partial charge in [0.05, 0.1) is 6.54 Å². The topological polar surface area (TPSA) is 90.4 Å². The fourth-order valence-corrected chi connectivity index (χ4v) is 2.35. The zero-order chi connectivity index (χ0) is 17.9. The number of carbonyl (C=O) groups is 1. The first-order chi connectivity index (χ1) is 12.7. The largest absolute Gasteiger partial charge is 0.486 e. The van der Waals surface area contributed by atoms with Crippen LogP contribution < -0.4 is 10.1 Å². The Hall–Kier alpha value is -3.16. The maximum atomic E-state index is 12.8. The molecule has 134 valence electrons. The summed E-state index contributed by atoms with van der Waals surface area (Å²) < 4.78 is 28.9. The van der Waals surface area contributed by atoms with E-state index in [2.05, 4.69) is 15.5 Å². The summed E-state index contributed by atoms with van der Waals surface area (Å²) in [6, 6.07) is 8.86. The highest BCUT2D eigenvalue weighted by molar-refractivity contribution is 5.91. The molecule has 3 aromatic rings. The summed E-state index contributed by atoms with van der Waals surface area (Å²) in [5.74, 6) is 1.90. The zero-order valence-electron chi connectivity index (χ0n) is 13.8. The predicted octanol–water partition coefficient (Wildman–Crippen LogP) is 3.19. The molecule has 1 fully saturated rings. The summed E-state index contributed by atoms with van der Waals surface area (Å²) >= 11 is 0. The Labute approximate surface area is 148 Å².